The van der Waals surface area contributed by atoms with Crippen molar-refractivity contribution in [2.75, 3.05) is 4.90 Å². The molecule has 1 aromatic carbocycles. The van der Waals surface area contributed by atoms with Crippen LogP contribution in [-0.2, 0) is 14.3 Å². The van der Waals surface area contributed by atoms with Crippen LogP contribution in [0, 0.1) is 11.8 Å². The SMILES string of the molecule is O=C(Cl)c1ccc(N2C(=O)C3C4C=CC(O4)C3C2=O)cc1. The van der Waals surface area contributed by atoms with Crippen LogP contribution in [0.3, 0.4) is 0 Å². The van der Waals surface area contributed by atoms with E-state index in [1.807, 2.05) is 12.2 Å². The van der Waals surface area contributed by atoms with Gasteiger partial charge in [0.15, 0.2) is 0 Å². The Hall–Kier alpha value is -1.98. The Morgan fingerprint density at radius 2 is 1.52 bits per heavy atom. The van der Waals surface area contributed by atoms with E-state index in [-0.39, 0.29) is 24.0 Å². The molecule has 0 N–H and O–H groups in total. The molecular weight excluding hydrogens is 294 g/mol. The summed E-state index contributed by atoms with van der Waals surface area (Å²) in [6.45, 7) is 0. The van der Waals surface area contributed by atoms with E-state index in [1.165, 1.54) is 17.0 Å². The van der Waals surface area contributed by atoms with E-state index in [4.69, 9.17) is 16.3 Å². The third-order valence-corrected chi connectivity index (χ3v) is 4.48. The first-order valence-corrected chi connectivity index (χ1v) is 6.97. The fourth-order valence-electron chi connectivity index (χ4n) is 3.30. The monoisotopic (exact) mass is 303 g/mol. The first-order chi connectivity index (χ1) is 10.1. The number of benzene rings is 1. The normalized spacial score (nSPS) is 32.9. The van der Waals surface area contributed by atoms with Gasteiger partial charge in [-0.15, -0.1) is 0 Å². The minimum atomic E-state index is -0.576. The average molecular weight is 304 g/mol. The highest BCUT2D eigenvalue weighted by Gasteiger charge is 2.60. The molecular formula is C15H10ClNO4. The van der Waals surface area contributed by atoms with Crippen molar-refractivity contribution in [2.24, 2.45) is 11.8 Å². The molecule has 3 aliphatic rings. The summed E-state index contributed by atoms with van der Waals surface area (Å²) in [5.41, 5.74) is 0.783. The molecule has 5 nitrogen and oxygen atoms in total. The Balaban J connectivity index is 1.69. The predicted octanol–water partition coefficient (Wildman–Crippen LogP) is 1.51. The number of rotatable bonds is 2. The maximum absolute atomic E-state index is 12.5. The van der Waals surface area contributed by atoms with Crippen molar-refractivity contribution < 1.29 is 19.1 Å². The molecule has 6 heteroatoms. The molecule has 0 spiro atoms. The van der Waals surface area contributed by atoms with Crippen LogP contribution >= 0.6 is 11.6 Å². The molecule has 4 rings (SSSR count). The summed E-state index contributed by atoms with van der Waals surface area (Å²) >= 11 is 5.39. The molecule has 1 aromatic rings. The van der Waals surface area contributed by atoms with E-state index in [9.17, 15) is 14.4 Å². The van der Waals surface area contributed by atoms with Crippen molar-refractivity contribution in [3.05, 3.63) is 42.0 Å². The van der Waals surface area contributed by atoms with Crippen LogP contribution in [0.4, 0.5) is 5.69 Å². The highest BCUT2D eigenvalue weighted by Crippen LogP contribution is 2.46. The van der Waals surface area contributed by atoms with E-state index < -0.39 is 17.1 Å². The molecule has 2 saturated heterocycles. The van der Waals surface area contributed by atoms with Gasteiger partial charge in [0.05, 0.1) is 29.7 Å². The number of carbonyl (C=O) groups is 3. The number of halogens is 1. The number of imide groups is 1. The quantitative estimate of drug-likeness (QED) is 0.472. The average Bonchev–Trinajstić information content (AvgIpc) is 3.13. The Morgan fingerprint density at radius 3 is 2.00 bits per heavy atom. The lowest BCUT2D eigenvalue weighted by Gasteiger charge is -2.17. The van der Waals surface area contributed by atoms with Gasteiger partial charge in [0, 0.05) is 5.56 Å². The van der Waals surface area contributed by atoms with Gasteiger partial charge in [-0.25, -0.2) is 4.90 Å². The van der Waals surface area contributed by atoms with Crippen LogP contribution in [-0.4, -0.2) is 29.3 Å². The summed E-state index contributed by atoms with van der Waals surface area (Å²) in [4.78, 5) is 37.3. The minimum absolute atomic E-state index is 0.244. The van der Waals surface area contributed by atoms with Gasteiger partial charge in [-0.05, 0) is 35.9 Å². The number of amides is 2. The van der Waals surface area contributed by atoms with Crippen molar-refractivity contribution in [1.82, 2.24) is 0 Å². The first kappa shape index (κ1) is 12.7. The van der Waals surface area contributed by atoms with Crippen LogP contribution < -0.4 is 4.90 Å². The van der Waals surface area contributed by atoms with Gasteiger partial charge in [-0.2, -0.15) is 0 Å². The lowest BCUT2D eigenvalue weighted by Crippen LogP contribution is -2.34. The number of ether oxygens (including phenoxy) is 1. The molecule has 3 aliphatic heterocycles. The molecule has 4 unspecified atom stereocenters. The van der Waals surface area contributed by atoms with Crippen LogP contribution in [0.2, 0.25) is 0 Å². The van der Waals surface area contributed by atoms with Crippen molar-refractivity contribution in [1.29, 1.82) is 0 Å². The number of fused-ring (bicyclic) bond motifs is 5. The summed E-state index contributed by atoms with van der Waals surface area (Å²) in [5, 5.41) is -0.576. The second-order valence-corrected chi connectivity index (χ2v) is 5.68. The van der Waals surface area contributed by atoms with E-state index in [2.05, 4.69) is 0 Å². The second-order valence-electron chi connectivity index (χ2n) is 5.33. The van der Waals surface area contributed by atoms with Gasteiger partial charge in [0.25, 0.3) is 5.24 Å². The fraction of sp³-hybridized carbons (Fsp3) is 0.267. The summed E-state index contributed by atoms with van der Waals surface area (Å²) in [5.74, 6) is -1.35. The number of nitrogens with zero attached hydrogens (tertiary/aromatic N) is 1. The molecule has 2 amide bonds. The lowest BCUT2D eigenvalue weighted by molar-refractivity contribution is -0.124. The standard InChI is InChI=1S/C15H10ClNO4/c16-13(18)7-1-3-8(4-2-7)17-14(19)11-9-5-6-10(21-9)12(11)15(17)20/h1-6,9-12H. The van der Waals surface area contributed by atoms with Gasteiger partial charge in [-0.1, -0.05) is 12.2 Å². The lowest BCUT2D eigenvalue weighted by atomic mass is 9.85. The Bertz CT molecular complexity index is 666. The molecule has 0 aliphatic carbocycles. The summed E-state index contributed by atoms with van der Waals surface area (Å²) in [7, 11) is 0. The van der Waals surface area contributed by atoms with Crippen molar-refractivity contribution >= 4 is 34.3 Å². The zero-order valence-electron chi connectivity index (χ0n) is 10.7. The predicted molar refractivity (Wildman–Crippen MR) is 73.9 cm³/mol. The smallest absolute Gasteiger partial charge is 0.252 e. The second kappa shape index (κ2) is 4.26. The molecule has 0 radical (unpaired) electrons. The Morgan fingerprint density at radius 1 is 1.00 bits per heavy atom. The van der Waals surface area contributed by atoms with Crippen LogP contribution in [0.15, 0.2) is 36.4 Å². The topological polar surface area (TPSA) is 63.7 Å². The van der Waals surface area contributed by atoms with E-state index in [0.717, 1.165) is 0 Å². The molecule has 4 atom stereocenters. The number of hydrogen-bond acceptors (Lipinski definition) is 4. The molecule has 21 heavy (non-hydrogen) atoms. The minimum Gasteiger partial charge on any atom is -0.365 e. The van der Waals surface area contributed by atoms with Gasteiger partial charge in [0.2, 0.25) is 11.8 Å². The highest BCUT2D eigenvalue weighted by atomic mass is 35.5. The summed E-state index contributed by atoms with van der Waals surface area (Å²) < 4.78 is 5.57. The van der Waals surface area contributed by atoms with Crippen molar-refractivity contribution in [3.8, 4) is 0 Å². The van der Waals surface area contributed by atoms with E-state index in [0.29, 0.717) is 11.3 Å². The number of anilines is 1. The van der Waals surface area contributed by atoms with Gasteiger partial charge in [0.1, 0.15) is 0 Å². The number of carbonyl (C=O) groups excluding carboxylic acids is 3. The molecule has 106 valence electrons. The Labute approximate surface area is 125 Å². The highest BCUT2D eigenvalue weighted by molar-refractivity contribution is 6.67. The fourth-order valence-corrected chi connectivity index (χ4v) is 3.43. The maximum atomic E-state index is 12.5. The van der Waals surface area contributed by atoms with Crippen LogP contribution in [0.25, 0.3) is 0 Å². The van der Waals surface area contributed by atoms with Gasteiger partial charge >= 0.3 is 0 Å². The third kappa shape index (κ3) is 1.65. The molecule has 2 bridgehead atoms. The molecule has 0 aromatic heterocycles. The zero-order valence-corrected chi connectivity index (χ0v) is 11.5. The largest absolute Gasteiger partial charge is 0.365 e. The van der Waals surface area contributed by atoms with Crippen molar-refractivity contribution in [3.63, 3.8) is 0 Å². The van der Waals surface area contributed by atoms with Crippen LogP contribution in [0.5, 0.6) is 0 Å². The number of hydrogen-bond donors (Lipinski definition) is 0. The van der Waals surface area contributed by atoms with Crippen molar-refractivity contribution in [2.45, 2.75) is 12.2 Å². The summed E-state index contributed by atoms with van der Waals surface area (Å²) in [6, 6.07) is 6.12. The van der Waals surface area contributed by atoms with Crippen LogP contribution in [0.1, 0.15) is 10.4 Å². The van der Waals surface area contributed by atoms with Gasteiger partial charge < -0.3 is 4.74 Å². The molecule has 3 heterocycles. The third-order valence-electron chi connectivity index (χ3n) is 4.26. The summed E-state index contributed by atoms with van der Waals surface area (Å²) in [6.07, 6.45) is 3.08. The maximum Gasteiger partial charge on any atom is 0.252 e. The molecule has 0 saturated carbocycles. The Kier molecular flexibility index (Phi) is 2.58. The zero-order chi connectivity index (χ0) is 14.7. The van der Waals surface area contributed by atoms with Gasteiger partial charge in [-0.3, -0.25) is 14.4 Å². The van der Waals surface area contributed by atoms with E-state index in [1.54, 1.807) is 12.1 Å². The molecule has 2 fully saturated rings. The van der Waals surface area contributed by atoms with E-state index >= 15 is 0 Å². The first-order valence-electron chi connectivity index (χ1n) is 6.59.